The van der Waals surface area contributed by atoms with Gasteiger partial charge in [-0.3, -0.25) is 9.69 Å². The summed E-state index contributed by atoms with van der Waals surface area (Å²) in [6.07, 6.45) is 1.80. The summed E-state index contributed by atoms with van der Waals surface area (Å²) >= 11 is 1.33. The van der Waals surface area contributed by atoms with Crippen molar-refractivity contribution in [1.82, 2.24) is 4.90 Å². The normalized spacial score (nSPS) is 20.5. The van der Waals surface area contributed by atoms with E-state index in [0.29, 0.717) is 27.3 Å². The van der Waals surface area contributed by atoms with Gasteiger partial charge in [-0.25, -0.2) is 4.99 Å². The molecule has 3 heterocycles. The molecule has 166 valence electrons. The fourth-order valence-electron chi connectivity index (χ4n) is 3.69. The highest BCUT2D eigenvalue weighted by Crippen LogP contribution is 2.41. The van der Waals surface area contributed by atoms with Crippen molar-refractivity contribution in [2.24, 2.45) is 4.99 Å². The number of anilines is 1. The van der Waals surface area contributed by atoms with Crippen molar-refractivity contribution in [2.75, 3.05) is 52.2 Å². The van der Waals surface area contributed by atoms with E-state index in [2.05, 4.69) is 17.0 Å². The highest BCUT2D eigenvalue weighted by molar-refractivity contribution is 8.18. The zero-order valence-corrected chi connectivity index (χ0v) is 18.7. The number of likely N-dealkylation sites (N-methyl/N-ethyl adjacent to an activating group) is 1. The first-order valence-electron chi connectivity index (χ1n) is 10.3. The summed E-state index contributed by atoms with van der Waals surface area (Å²) in [4.78, 5) is 22.0. The van der Waals surface area contributed by atoms with Gasteiger partial charge in [-0.1, -0.05) is 0 Å². The second-order valence-corrected chi connectivity index (χ2v) is 8.44. The highest BCUT2D eigenvalue weighted by Gasteiger charge is 2.31. The van der Waals surface area contributed by atoms with E-state index in [0.717, 1.165) is 43.2 Å². The fourth-order valence-corrected chi connectivity index (χ4v) is 4.67. The van der Waals surface area contributed by atoms with Crippen LogP contribution in [0.4, 0.5) is 11.4 Å². The number of nitrogens with zero attached hydrogens (tertiary/aromatic N) is 3. The summed E-state index contributed by atoms with van der Waals surface area (Å²) in [6, 6.07) is 11.6. The van der Waals surface area contributed by atoms with Crippen molar-refractivity contribution in [3.8, 4) is 17.2 Å². The van der Waals surface area contributed by atoms with Gasteiger partial charge in [-0.05, 0) is 48.2 Å². The molecular weight excluding hydrogens is 430 g/mol. The van der Waals surface area contributed by atoms with Gasteiger partial charge in [0.25, 0.3) is 5.91 Å². The van der Waals surface area contributed by atoms with Crippen LogP contribution in [0.1, 0.15) is 5.56 Å². The van der Waals surface area contributed by atoms with Crippen LogP contribution in [0.5, 0.6) is 17.2 Å². The molecule has 0 bridgehead atoms. The summed E-state index contributed by atoms with van der Waals surface area (Å²) < 4.78 is 21.7. The molecule has 0 N–H and O–H groups in total. The Morgan fingerprint density at radius 3 is 2.53 bits per heavy atom. The van der Waals surface area contributed by atoms with Crippen LogP contribution in [-0.4, -0.2) is 63.2 Å². The third-order valence-electron chi connectivity index (χ3n) is 5.47. The Morgan fingerprint density at radius 1 is 1.09 bits per heavy atom. The van der Waals surface area contributed by atoms with Crippen molar-refractivity contribution in [1.29, 1.82) is 0 Å². The number of hydrogen-bond donors (Lipinski definition) is 0. The smallest absolute Gasteiger partial charge is 0.266 e. The lowest BCUT2D eigenvalue weighted by Crippen LogP contribution is -2.36. The van der Waals surface area contributed by atoms with Gasteiger partial charge in [0.1, 0.15) is 5.75 Å². The van der Waals surface area contributed by atoms with Crippen molar-refractivity contribution < 1.29 is 23.7 Å². The monoisotopic (exact) mass is 453 g/mol. The largest absolute Gasteiger partial charge is 0.496 e. The molecule has 2 saturated heterocycles. The number of rotatable bonds is 4. The quantitative estimate of drug-likeness (QED) is 0.656. The zero-order valence-electron chi connectivity index (χ0n) is 17.9. The predicted molar refractivity (Wildman–Crippen MR) is 124 cm³/mol. The molecular formula is C23H23N3O5S. The van der Waals surface area contributed by atoms with E-state index in [1.165, 1.54) is 11.8 Å². The molecule has 0 atom stereocenters. The lowest BCUT2D eigenvalue weighted by Gasteiger charge is -2.28. The summed E-state index contributed by atoms with van der Waals surface area (Å²) in [5, 5.41) is 0.625. The summed E-state index contributed by atoms with van der Waals surface area (Å²) in [5.41, 5.74) is 2.69. The molecule has 9 heteroatoms. The van der Waals surface area contributed by atoms with E-state index in [4.69, 9.17) is 23.9 Å². The number of morpholine rings is 1. The van der Waals surface area contributed by atoms with Gasteiger partial charge in [-0.15, -0.1) is 0 Å². The Hall–Kier alpha value is -3.17. The average Bonchev–Trinajstić information content (AvgIpc) is 3.39. The zero-order chi connectivity index (χ0) is 22.1. The van der Waals surface area contributed by atoms with E-state index in [1.54, 1.807) is 31.2 Å². The van der Waals surface area contributed by atoms with Gasteiger partial charge in [-0.2, -0.15) is 0 Å². The third-order valence-corrected chi connectivity index (χ3v) is 6.53. The van der Waals surface area contributed by atoms with Crippen LogP contribution in [0.2, 0.25) is 0 Å². The summed E-state index contributed by atoms with van der Waals surface area (Å²) in [5.74, 6) is 1.77. The number of hydrogen-bond acceptors (Lipinski definition) is 8. The first-order chi connectivity index (χ1) is 15.6. The predicted octanol–water partition coefficient (Wildman–Crippen LogP) is 3.49. The number of carbonyl (C=O) groups excluding carboxylic acids is 1. The highest BCUT2D eigenvalue weighted by atomic mass is 32.2. The minimum absolute atomic E-state index is 0.113. The number of fused-ring (bicyclic) bond motifs is 1. The Labute approximate surface area is 190 Å². The van der Waals surface area contributed by atoms with Crippen molar-refractivity contribution in [3.05, 3.63) is 46.9 Å². The SMILES string of the molecule is COc1cc2c(cc1/C=C1/SC(=Nc3ccc(N4CCOCC4)cc3)N(C)C1=O)OCO2. The van der Waals surface area contributed by atoms with Crippen LogP contribution >= 0.6 is 11.8 Å². The molecule has 8 nitrogen and oxygen atoms in total. The molecule has 0 spiro atoms. The minimum Gasteiger partial charge on any atom is -0.496 e. The number of amidine groups is 1. The maximum absolute atomic E-state index is 12.8. The first-order valence-corrected chi connectivity index (χ1v) is 11.1. The number of carbonyl (C=O) groups is 1. The molecule has 0 radical (unpaired) electrons. The van der Waals surface area contributed by atoms with Crippen molar-refractivity contribution >= 4 is 40.3 Å². The number of amides is 1. The number of benzene rings is 2. The molecule has 1 amide bonds. The molecule has 3 aliphatic rings. The Kier molecular flexibility index (Phi) is 5.67. The second kappa shape index (κ2) is 8.76. The fraction of sp³-hybridized carbons (Fsp3) is 0.304. The van der Waals surface area contributed by atoms with Gasteiger partial charge < -0.3 is 23.8 Å². The molecule has 2 aromatic rings. The molecule has 0 aromatic heterocycles. The van der Waals surface area contributed by atoms with Crippen LogP contribution in [0.15, 0.2) is 46.3 Å². The van der Waals surface area contributed by atoms with Crippen LogP contribution in [0.25, 0.3) is 6.08 Å². The first kappa shape index (κ1) is 20.7. The van der Waals surface area contributed by atoms with Gasteiger partial charge in [0.05, 0.1) is 30.9 Å². The molecule has 0 saturated carbocycles. The van der Waals surface area contributed by atoms with Gasteiger partial charge >= 0.3 is 0 Å². The average molecular weight is 454 g/mol. The van der Waals surface area contributed by atoms with E-state index >= 15 is 0 Å². The van der Waals surface area contributed by atoms with E-state index < -0.39 is 0 Å². The standard InChI is InChI=1S/C23H23N3O5S/c1-25-22(27)21(12-15-11-19-20(31-14-30-19)13-18(15)28-2)32-23(25)24-16-3-5-17(6-4-16)26-7-9-29-10-8-26/h3-6,11-13H,7-10,14H2,1-2H3/b21-12+,24-23?. The molecule has 0 unspecified atom stereocenters. The maximum atomic E-state index is 12.8. The Balaban J connectivity index is 1.37. The van der Waals surface area contributed by atoms with Gasteiger partial charge in [0.2, 0.25) is 6.79 Å². The van der Waals surface area contributed by atoms with Gasteiger partial charge in [0.15, 0.2) is 16.7 Å². The molecule has 2 fully saturated rings. The van der Waals surface area contributed by atoms with E-state index in [9.17, 15) is 4.79 Å². The van der Waals surface area contributed by atoms with Crippen LogP contribution < -0.4 is 19.1 Å². The van der Waals surface area contributed by atoms with Gasteiger partial charge in [0, 0.05) is 37.5 Å². The number of ether oxygens (including phenoxy) is 4. The summed E-state index contributed by atoms with van der Waals surface area (Å²) in [7, 11) is 3.32. The molecule has 0 aliphatic carbocycles. The number of thioether (sulfide) groups is 1. The summed E-state index contributed by atoms with van der Waals surface area (Å²) in [6.45, 7) is 3.45. The Morgan fingerprint density at radius 2 is 1.81 bits per heavy atom. The lowest BCUT2D eigenvalue weighted by molar-refractivity contribution is -0.121. The van der Waals surface area contributed by atoms with Crippen LogP contribution in [-0.2, 0) is 9.53 Å². The molecule has 5 rings (SSSR count). The van der Waals surface area contributed by atoms with Crippen LogP contribution in [0, 0.1) is 0 Å². The lowest BCUT2D eigenvalue weighted by atomic mass is 10.1. The van der Waals surface area contributed by atoms with Crippen LogP contribution in [0.3, 0.4) is 0 Å². The second-order valence-electron chi connectivity index (χ2n) is 7.43. The minimum atomic E-state index is -0.113. The maximum Gasteiger partial charge on any atom is 0.266 e. The molecule has 32 heavy (non-hydrogen) atoms. The molecule has 2 aromatic carbocycles. The van der Waals surface area contributed by atoms with Crippen molar-refractivity contribution in [2.45, 2.75) is 0 Å². The van der Waals surface area contributed by atoms with E-state index in [-0.39, 0.29) is 12.7 Å². The number of aliphatic imine (C=N–C) groups is 1. The topological polar surface area (TPSA) is 72.8 Å². The van der Waals surface area contributed by atoms with E-state index in [1.807, 2.05) is 18.2 Å². The molecule has 3 aliphatic heterocycles. The Bertz CT molecular complexity index is 1090. The van der Waals surface area contributed by atoms with Crippen molar-refractivity contribution in [3.63, 3.8) is 0 Å². The third kappa shape index (κ3) is 4.01. The number of methoxy groups -OCH3 is 1.